The second-order valence-corrected chi connectivity index (χ2v) is 10.9. The van der Waals surface area contributed by atoms with Crippen molar-refractivity contribution in [3.63, 3.8) is 0 Å². The lowest BCUT2D eigenvalue weighted by atomic mass is 9.63. The topological polar surface area (TPSA) is 0 Å². The Hall–Kier alpha value is -1.96. The van der Waals surface area contributed by atoms with E-state index in [2.05, 4.69) is 13.5 Å². The van der Waals surface area contributed by atoms with Crippen molar-refractivity contribution in [3.8, 4) is 11.1 Å². The van der Waals surface area contributed by atoms with E-state index in [0.29, 0.717) is 11.5 Å². The van der Waals surface area contributed by atoms with Crippen LogP contribution in [-0.4, -0.2) is 0 Å². The van der Waals surface area contributed by atoms with Gasteiger partial charge in [0.1, 0.15) is 11.6 Å². The fraction of sp³-hybridized carbons (Fsp3) is 0.562. The van der Waals surface area contributed by atoms with E-state index in [-0.39, 0.29) is 5.56 Å². The quantitative estimate of drug-likeness (QED) is 0.242. The first kappa shape index (κ1) is 25.1. The zero-order valence-corrected chi connectivity index (χ0v) is 21.0. The van der Waals surface area contributed by atoms with Crippen LogP contribution < -0.4 is 0 Å². The second kappa shape index (κ2) is 12.1. The molecule has 0 heterocycles. The first-order valence-corrected chi connectivity index (χ1v) is 13.8. The van der Waals surface area contributed by atoms with Crippen LogP contribution in [0.15, 0.2) is 49.1 Å². The van der Waals surface area contributed by atoms with Gasteiger partial charge in [-0.25, -0.2) is 8.78 Å². The summed E-state index contributed by atoms with van der Waals surface area (Å²) in [6.45, 7) is 6.03. The monoisotopic (exact) mass is 464 g/mol. The highest BCUT2D eigenvalue weighted by atomic mass is 19.1. The number of rotatable bonds is 10. The number of unbranched alkanes of at least 4 members (excludes halogenated alkanes) is 3. The lowest BCUT2D eigenvalue weighted by Crippen LogP contribution is -2.30. The highest BCUT2D eigenvalue weighted by molar-refractivity contribution is 5.65. The predicted octanol–water partition coefficient (Wildman–Crippen LogP) is 10.0. The highest BCUT2D eigenvalue weighted by Crippen LogP contribution is 2.49. The minimum atomic E-state index is -0.424. The average molecular weight is 465 g/mol. The number of allylic oxidation sites excluding steroid dienone is 1. The molecule has 1 unspecified atom stereocenters. The molecule has 2 heteroatoms. The molecule has 2 saturated carbocycles. The molecule has 0 bridgehead atoms. The number of hydrogen-bond donors (Lipinski definition) is 0. The van der Waals surface area contributed by atoms with Gasteiger partial charge in [-0.2, -0.15) is 0 Å². The minimum Gasteiger partial charge on any atom is -0.206 e. The number of halogens is 2. The molecule has 0 nitrogen and oxygen atoms in total. The first-order chi connectivity index (χ1) is 16.6. The van der Waals surface area contributed by atoms with Crippen LogP contribution in [0.1, 0.15) is 101 Å². The fourth-order valence-electron chi connectivity index (χ4n) is 6.62. The molecule has 4 atom stereocenters. The Morgan fingerprint density at radius 2 is 1.59 bits per heavy atom. The third-order valence-corrected chi connectivity index (χ3v) is 8.60. The standard InChI is InChI=1S/C32H42F2/c1-3-5-7-8-10-24-13-16-27-20-28(18-17-26(27)19-24)29-21-30(33)32(31(34)22-29)25-14-11-23(12-15-25)9-6-4-2/h4,11-12,14-15,21-22,24,26-28H,2-3,5-10,13,16-20H2,1H3/t24?,26-,27-,28-/m1/s1. The van der Waals surface area contributed by atoms with Crippen molar-refractivity contribution in [1.29, 1.82) is 0 Å². The van der Waals surface area contributed by atoms with Crippen LogP contribution in [0.3, 0.4) is 0 Å². The molecule has 0 saturated heterocycles. The predicted molar refractivity (Wildman–Crippen MR) is 140 cm³/mol. The van der Waals surface area contributed by atoms with Crippen molar-refractivity contribution < 1.29 is 8.78 Å². The molecular formula is C32H42F2. The van der Waals surface area contributed by atoms with Crippen LogP contribution in [0.5, 0.6) is 0 Å². The van der Waals surface area contributed by atoms with E-state index >= 15 is 8.78 Å². The summed E-state index contributed by atoms with van der Waals surface area (Å²) < 4.78 is 30.3. The molecule has 0 amide bonds. The van der Waals surface area contributed by atoms with E-state index < -0.39 is 11.6 Å². The summed E-state index contributed by atoms with van der Waals surface area (Å²) in [5.41, 5.74) is 2.75. The zero-order valence-electron chi connectivity index (χ0n) is 21.0. The van der Waals surface area contributed by atoms with Gasteiger partial charge in [-0.1, -0.05) is 75.8 Å². The molecule has 2 aliphatic rings. The molecule has 2 fully saturated rings. The van der Waals surface area contributed by atoms with E-state index in [4.69, 9.17) is 0 Å². The van der Waals surface area contributed by atoms with Crippen LogP contribution in [0, 0.1) is 29.4 Å². The van der Waals surface area contributed by atoms with Crippen molar-refractivity contribution >= 4 is 0 Å². The van der Waals surface area contributed by atoms with Gasteiger partial charge in [0, 0.05) is 0 Å². The van der Waals surface area contributed by atoms with Crippen LogP contribution in [-0.2, 0) is 6.42 Å². The number of aryl methyl sites for hydroxylation is 1. The number of benzene rings is 2. The molecule has 0 radical (unpaired) electrons. The summed E-state index contributed by atoms with van der Waals surface area (Å²) in [6.07, 6.45) is 18.0. The molecule has 2 aromatic rings. The van der Waals surface area contributed by atoms with E-state index in [1.165, 1.54) is 57.8 Å². The Labute approximate surface area is 205 Å². The molecule has 34 heavy (non-hydrogen) atoms. The first-order valence-electron chi connectivity index (χ1n) is 13.8. The Balaban J connectivity index is 1.38. The van der Waals surface area contributed by atoms with Crippen LogP contribution in [0.25, 0.3) is 11.1 Å². The van der Waals surface area contributed by atoms with Gasteiger partial charge in [-0.05, 0) is 97.4 Å². The van der Waals surface area contributed by atoms with E-state index in [0.717, 1.165) is 54.6 Å². The maximum Gasteiger partial charge on any atom is 0.134 e. The van der Waals surface area contributed by atoms with Gasteiger partial charge >= 0.3 is 0 Å². The van der Waals surface area contributed by atoms with Gasteiger partial charge in [0.25, 0.3) is 0 Å². The SMILES string of the molecule is C=CCCc1ccc(-c2c(F)cc([C@@H]3CC[C@@H]4CC(CCCCCC)CC[C@@H]4C3)cc2F)cc1. The van der Waals surface area contributed by atoms with Gasteiger partial charge in [0.05, 0.1) is 5.56 Å². The largest absolute Gasteiger partial charge is 0.206 e. The molecule has 0 aliphatic heterocycles. The van der Waals surface area contributed by atoms with Crippen molar-refractivity contribution in [1.82, 2.24) is 0 Å². The summed E-state index contributed by atoms with van der Waals surface area (Å²) in [5, 5.41) is 0. The molecule has 184 valence electrons. The Kier molecular flexibility index (Phi) is 8.98. The summed E-state index contributed by atoms with van der Waals surface area (Å²) in [4.78, 5) is 0. The van der Waals surface area contributed by atoms with E-state index in [1.807, 2.05) is 30.3 Å². The van der Waals surface area contributed by atoms with Crippen molar-refractivity contribution in [2.45, 2.75) is 96.3 Å². The minimum absolute atomic E-state index is 0.108. The lowest BCUT2D eigenvalue weighted by Gasteiger charge is -2.42. The van der Waals surface area contributed by atoms with Crippen molar-refractivity contribution in [3.05, 3.63) is 71.8 Å². The molecule has 2 aliphatic carbocycles. The highest BCUT2D eigenvalue weighted by Gasteiger charge is 2.36. The van der Waals surface area contributed by atoms with Crippen molar-refractivity contribution in [2.24, 2.45) is 17.8 Å². The third kappa shape index (κ3) is 6.18. The molecule has 0 aromatic heterocycles. The van der Waals surface area contributed by atoms with Gasteiger partial charge in [0.2, 0.25) is 0 Å². The molecule has 0 spiro atoms. The smallest absolute Gasteiger partial charge is 0.134 e. The molecular weight excluding hydrogens is 422 g/mol. The van der Waals surface area contributed by atoms with E-state index in [9.17, 15) is 0 Å². The number of fused-ring (bicyclic) bond motifs is 1. The summed E-state index contributed by atoms with van der Waals surface area (Å²) in [7, 11) is 0. The second-order valence-electron chi connectivity index (χ2n) is 10.9. The van der Waals surface area contributed by atoms with Gasteiger partial charge in [-0.3, -0.25) is 0 Å². The fourth-order valence-corrected chi connectivity index (χ4v) is 6.62. The zero-order chi connectivity index (χ0) is 23.9. The van der Waals surface area contributed by atoms with Gasteiger partial charge < -0.3 is 0 Å². The molecule has 4 rings (SSSR count). The lowest BCUT2D eigenvalue weighted by molar-refractivity contribution is 0.113. The number of hydrogen-bond acceptors (Lipinski definition) is 0. The van der Waals surface area contributed by atoms with Gasteiger partial charge in [0.15, 0.2) is 0 Å². The summed E-state index contributed by atoms with van der Waals surface area (Å²) in [6, 6.07) is 10.8. The Morgan fingerprint density at radius 1 is 0.882 bits per heavy atom. The normalized spacial score (nSPS) is 24.6. The van der Waals surface area contributed by atoms with Gasteiger partial charge in [-0.15, -0.1) is 6.58 Å². The Morgan fingerprint density at radius 3 is 2.29 bits per heavy atom. The maximum absolute atomic E-state index is 15.2. The third-order valence-electron chi connectivity index (χ3n) is 8.60. The average Bonchev–Trinajstić information content (AvgIpc) is 2.85. The van der Waals surface area contributed by atoms with Crippen LogP contribution >= 0.6 is 0 Å². The summed E-state index contributed by atoms with van der Waals surface area (Å²) in [5.74, 6) is 1.92. The summed E-state index contributed by atoms with van der Waals surface area (Å²) >= 11 is 0. The van der Waals surface area contributed by atoms with Crippen LogP contribution in [0.4, 0.5) is 8.78 Å². The maximum atomic E-state index is 15.2. The van der Waals surface area contributed by atoms with E-state index in [1.54, 1.807) is 12.1 Å². The molecule has 0 N–H and O–H groups in total. The Bertz CT molecular complexity index is 906. The van der Waals surface area contributed by atoms with Crippen molar-refractivity contribution in [2.75, 3.05) is 0 Å². The van der Waals surface area contributed by atoms with Crippen LogP contribution in [0.2, 0.25) is 0 Å². The molecule has 2 aromatic carbocycles.